The van der Waals surface area contributed by atoms with E-state index >= 15 is 0 Å². The molecule has 5 heteroatoms. The van der Waals surface area contributed by atoms with Gasteiger partial charge < -0.3 is 0 Å². The van der Waals surface area contributed by atoms with Crippen LogP contribution in [-0.4, -0.2) is 21.2 Å². The zero-order valence-electron chi connectivity index (χ0n) is 11.9. The van der Waals surface area contributed by atoms with Gasteiger partial charge in [-0.15, -0.1) is 0 Å². The number of pyridine rings is 1. The van der Waals surface area contributed by atoms with E-state index in [1.165, 1.54) is 0 Å². The van der Waals surface area contributed by atoms with Crippen molar-refractivity contribution in [1.29, 1.82) is 0 Å². The van der Waals surface area contributed by atoms with Crippen LogP contribution in [-0.2, 0) is 4.79 Å². The number of hydrazone groups is 1. The SMILES string of the molecule is CC(C)c1nn2ccccc2c1C1=NNC(=O)C[C@H]1C. The summed E-state index contributed by atoms with van der Waals surface area (Å²) in [5.74, 6) is 0.385. The summed E-state index contributed by atoms with van der Waals surface area (Å²) in [4.78, 5) is 11.4. The van der Waals surface area contributed by atoms with E-state index in [4.69, 9.17) is 0 Å². The molecule has 1 aliphatic heterocycles. The molecular formula is C15H18N4O. The fraction of sp³-hybridized carbons (Fsp3) is 0.400. The molecule has 1 atom stereocenters. The molecule has 0 saturated heterocycles. The molecule has 104 valence electrons. The van der Waals surface area contributed by atoms with Crippen LogP contribution in [0.15, 0.2) is 29.5 Å². The highest BCUT2D eigenvalue weighted by atomic mass is 16.2. The van der Waals surface area contributed by atoms with Crippen molar-refractivity contribution in [2.75, 3.05) is 0 Å². The monoisotopic (exact) mass is 270 g/mol. The molecular weight excluding hydrogens is 252 g/mol. The van der Waals surface area contributed by atoms with Gasteiger partial charge in [-0.1, -0.05) is 26.8 Å². The Morgan fingerprint density at radius 1 is 1.40 bits per heavy atom. The highest BCUT2D eigenvalue weighted by Crippen LogP contribution is 2.27. The minimum Gasteiger partial charge on any atom is -0.273 e. The average Bonchev–Trinajstić information content (AvgIpc) is 2.78. The van der Waals surface area contributed by atoms with Gasteiger partial charge in [-0.3, -0.25) is 4.79 Å². The maximum atomic E-state index is 11.4. The third kappa shape index (κ3) is 1.99. The van der Waals surface area contributed by atoms with Crippen LogP contribution in [0, 0.1) is 5.92 Å². The number of fused-ring (bicyclic) bond motifs is 1. The lowest BCUT2D eigenvalue weighted by Gasteiger charge is -2.19. The molecule has 0 bridgehead atoms. The Morgan fingerprint density at radius 2 is 2.20 bits per heavy atom. The predicted molar refractivity (Wildman–Crippen MR) is 77.7 cm³/mol. The molecule has 5 nitrogen and oxygen atoms in total. The molecule has 2 aromatic heterocycles. The van der Waals surface area contributed by atoms with Crippen LogP contribution in [0.5, 0.6) is 0 Å². The fourth-order valence-corrected chi connectivity index (χ4v) is 2.64. The largest absolute Gasteiger partial charge is 0.273 e. The van der Waals surface area contributed by atoms with Gasteiger partial charge in [-0.05, 0) is 18.1 Å². The zero-order valence-corrected chi connectivity index (χ0v) is 11.9. The highest BCUT2D eigenvalue weighted by Gasteiger charge is 2.27. The van der Waals surface area contributed by atoms with E-state index in [9.17, 15) is 4.79 Å². The van der Waals surface area contributed by atoms with E-state index in [0.29, 0.717) is 12.3 Å². The summed E-state index contributed by atoms with van der Waals surface area (Å²) < 4.78 is 1.89. The van der Waals surface area contributed by atoms with Gasteiger partial charge >= 0.3 is 0 Å². The molecule has 0 aliphatic carbocycles. The van der Waals surface area contributed by atoms with E-state index in [-0.39, 0.29) is 11.8 Å². The van der Waals surface area contributed by atoms with Gasteiger partial charge in [0, 0.05) is 24.1 Å². The summed E-state index contributed by atoms with van der Waals surface area (Å²) in [6.45, 7) is 6.28. The van der Waals surface area contributed by atoms with E-state index < -0.39 is 0 Å². The molecule has 1 aliphatic rings. The Hall–Kier alpha value is -2.17. The van der Waals surface area contributed by atoms with Crippen molar-refractivity contribution in [3.05, 3.63) is 35.7 Å². The standard InChI is InChI=1S/C15H18N4O/c1-9(2)14-13(11-6-4-5-7-19(11)18-14)15-10(3)8-12(20)16-17-15/h4-7,9-10H,8H2,1-3H3,(H,16,20)/t10-/m1/s1. The van der Waals surface area contributed by atoms with Crippen molar-refractivity contribution in [2.45, 2.75) is 33.1 Å². The summed E-state index contributed by atoms with van der Waals surface area (Å²) in [7, 11) is 0. The van der Waals surface area contributed by atoms with Crippen molar-refractivity contribution in [2.24, 2.45) is 11.0 Å². The number of carbonyl (C=O) groups excluding carboxylic acids is 1. The molecule has 0 fully saturated rings. The first-order valence-electron chi connectivity index (χ1n) is 6.92. The number of nitrogens with one attached hydrogen (secondary N) is 1. The number of hydrogen-bond acceptors (Lipinski definition) is 3. The van der Waals surface area contributed by atoms with E-state index in [1.807, 2.05) is 35.8 Å². The minimum absolute atomic E-state index is 0.0242. The van der Waals surface area contributed by atoms with Crippen LogP contribution in [0.1, 0.15) is 44.4 Å². The number of amides is 1. The molecule has 3 heterocycles. The van der Waals surface area contributed by atoms with Crippen molar-refractivity contribution in [3.63, 3.8) is 0 Å². The predicted octanol–water partition coefficient (Wildman–Crippen LogP) is 2.32. The van der Waals surface area contributed by atoms with Crippen molar-refractivity contribution < 1.29 is 4.79 Å². The van der Waals surface area contributed by atoms with Crippen LogP contribution in [0.2, 0.25) is 0 Å². The Balaban J connectivity index is 2.24. The fourth-order valence-electron chi connectivity index (χ4n) is 2.64. The van der Waals surface area contributed by atoms with Crippen LogP contribution in [0.3, 0.4) is 0 Å². The molecule has 0 unspecified atom stereocenters. The minimum atomic E-state index is -0.0242. The maximum Gasteiger partial charge on any atom is 0.240 e. The van der Waals surface area contributed by atoms with E-state index in [2.05, 4.69) is 29.5 Å². The van der Waals surface area contributed by atoms with Gasteiger partial charge in [0.05, 0.1) is 16.9 Å². The van der Waals surface area contributed by atoms with Gasteiger partial charge in [-0.2, -0.15) is 10.2 Å². The number of carbonyl (C=O) groups is 1. The molecule has 0 spiro atoms. The average molecular weight is 270 g/mol. The second kappa shape index (κ2) is 4.74. The molecule has 3 rings (SSSR count). The highest BCUT2D eigenvalue weighted by molar-refractivity contribution is 6.11. The lowest BCUT2D eigenvalue weighted by Crippen LogP contribution is -2.32. The Morgan fingerprint density at radius 3 is 2.90 bits per heavy atom. The van der Waals surface area contributed by atoms with Gasteiger partial charge in [0.2, 0.25) is 5.91 Å². The molecule has 0 saturated carbocycles. The van der Waals surface area contributed by atoms with Gasteiger partial charge in [0.25, 0.3) is 0 Å². The third-order valence-electron chi connectivity index (χ3n) is 3.63. The van der Waals surface area contributed by atoms with Gasteiger partial charge in [0.15, 0.2) is 0 Å². The number of aromatic nitrogens is 2. The van der Waals surface area contributed by atoms with Crippen molar-refractivity contribution in [3.8, 4) is 0 Å². The maximum absolute atomic E-state index is 11.4. The lowest BCUT2D eigenvalue weighted by atomic mass is 9.90. The normalized spacial score (nSPS) is 19.3. The van der Waals surface area contributed by atoms with Crippen LogP contribution < -0.4 is 5.43 Å². The number of nitrogens with zero attached hydrogens (tertiary/aromatic N) is 3. The van der Waals surface area contributed by atoms with Crippen LogP contribution in [0.4, 0.5) is 0 Å². The molecule has 2 aromatic rings. The van der Waals surface area contributed by atoms with E-state index in [0.717, 1.165) is 22.5 Å². The summed E-state index contributed by atoms with van der Waals surface area (Å²) in [6, 6.07) is 6.00. The summed E-state index contributed by atoms with van der Waals surface area (Å²) in [5.41, 5.74) is 6.65. The molecule has 0 radical (unpaired) electrons. The third-order valence-corrected chi connectivity index (χ3v) is 3.63. The topological polar surface area (TPSA) is 58.8 Å². The second-order valence-electron chi connectivity index (χ2n) is 5.58. The smallest absolute Gasteiger partial charge is 0.240 e. The summed E-state index contributed by atoms with van der Waals surface area (Å²) in [6.07, 6.45) is 2.41. The first kappa shape index (κ1) is 12.8. The lowest BCUT2D eigenvalue weighted by molar-refractivity contribution is -0.121. The Labute approximate surface area is 117 Å². The van der Waals surface area contributed by atoms with Crippen molar-refractivity contribution >= 4 is 17.1 Å². The Kier molecular flexibility index (Phi) is 3.04. The van der Waals surface area contributed by atoms with Crippen molar-refractivity contribution in [1.82, 2.24) is 15.0 Å². The van der Waals surface area contributed by atoms with Crippen LogP contribution >= 0.6 is 0 Å². The zero-order chi connectivity index (χ0) is 14.3. The first-order chi connectivity index (χ1) is 9.58. The number of rotatable bonds is 2. The van der Waals surface area contributed by atoms with Gasteiger partial charge in [-0.25, -0.2) is 9.94 Å². The quantitative estimate of drug-likeness (QED) is 0.910. The van der Waals surface area contributed by atoms with E-state index in [1.54, 1.807) is 0 Å². The molecule has 1 amide bonds. The molecule has 0 aromatic carbocycles. The summed E-state index contributed by atoms with van der Waals surface area (Å²) in [5, 5.41) is 8.95. The molecule has 1 N–H and O–H groups in total. The second-order valence-corrected chi connectivity index (χ2v) is 5.58. The number of hydrogen-bond donors (Lipinski definition) is 1. The summed E-state index contributed by atoms with van der Waals surface area (Å²) >= 11 is 0. The Bertz CT molecular complexity index is 699. The first-order valence-corrected chi connectivity index (χ1v) is 6.92. The molecule has 20 heavy (non-hydrogen) atoms. The van der Waals surface area contributed by atoms with Gasteiger partial charge in [0.1, 0.15) is 0 Å². The van der Waals surface area contributed by atoms with Crippen LogP contribution in [0.25, 0.3) is 5.52 Å².